The molecule has 0 saturated carbocycles. The van der Waals surface area contributed by atoms with E-state index in [2.05, 4.69) is 4.98 Å². The number of rotatable bonds is 3. The summed E-state index contributed by atoms with van der Waals surface area (Å²) in [5.41, 5.74) is 11.2. The molecule has 2 rings (SSSR count). The van der Waals surface area contributed by atoms with Crippen LogP contribution in [0, 0.1) is 0 Å². The molecule has 0 saturated heterocycles. The number of pyridine rings is 1. The second-order valence-electron chi connectivity index (χ2n) is 3.66. The SMILES string of the molecule is NC(=O)c1cc(N)cnc1Oc1ccc(Cl)cc1Cl. The van der Waals surface area contributed by atoms with E-state index in [1.165, 1.54) is 18.3 Å². The van der Waals surface area contributed by atoms with E-state index in [-0.39, 0.29) is 11.4 Å². The third kappa shape index (κ3) is 3.07. The van der Waals surface area contributed by atoms with Crippen LogP contribution in [0.3, 0.4) is 0 Å². The fourth-order valence-corrected chi connectivity index (χ4v) is 1.84. The van der Waals surface area contributed by atoms with Gasteiger partial charge in [0.2, 0.25) is 5.88 Å². The minimum absolute atomic E-state index is 0.0333. The highest BCUT2D eigenvalue weighted by Crippen LogP contribution is 2.32. The highest BCUT2D eigenvalue weighted by molar-refractivity contribution is 6.35. The van der Waals surface area contributed by atoms with Gasteiger partial charge in [-0.05, 0) is 24.3 Å². The first-order valence-electron chi connectivity index (χ1n) is 5.15. The molecule has 0 unspecified atom stereocenters. The summed E-state index contributed by atoms with van der Waals surface area (Å²) in [4.78, 5) is 15.2. The lowest BCUT2D eigenvalue weighted by Crippen LogP contribution is -2.13. The maximum absolute atomic E-state index is 11.3. The number of aromatic nitrogens is 1. The average molecular weight is 298 g/mol. The lowest BCUT2D eigenvalue weighted by Gasteiger charge is -2.10. The van der Waals surface area contributed by atoms with Crippen LogP contribution in [-0.2, 0) is 0 Å². The van der Waals surface area contributed by atoms with Crippen LogP contribution in [0.5, 0.6) is 11.6 Å². The molecule has 0 spiro atoms. The predicted molar refractivity (Wildman–Crippen MR) is 73.7 cm³/mol. The molecule has 19 heavy (non-hydrogen) atoms. The van der Waals surface area contributed by atoms with Gasteiger partial charge in [-0.1, -0.05) is 23.2 Å². The molecule has 1 aromatic carbocycles. The van der Waals surface area contributed by atoms with Crippen LogP contribution in [0.15, 0.2) is 30.5 Å². The fourth-order valence-electron chi connectivity index (χ4n) is 1.39. The lowest BCUT2D eigenvalue weighted by molar-refractivity contribution is 0.0997. The van der Waals surface area contributed by atoms with Crippen LogP contribution in [0.4, 0.5) is 5.69 Å². The van der Waals surface area contributed by atoms with Crippen LogP contribution in [0.1, 0.15) is 10.4 Å². The van der Waals surface area contributed by atoms with Gasteiger partial charge in [0.25, 0.3) is 5.91 Å². The zero-order chi connectivity index (χ0) is 14.0. The van der Waals surface area contributed by atoms with Gasteiger partial charge in [0, 0.05) is 5.02 Å². The van der Waals surface area contributed by atoms with Gasteiger partial charge in [-0.3, -0.25) is 4.79 Å². The van der Waals surface area contributed by atoms with E-state index in [1.807, 2.05) is 0 Å². The minimum Gasteiger partial charge on any atom is -0.437 e. The quantitative estimate of drug-likeness (QED) is 0.911. The van der Waals surface area contributed by atoms with Gasteiger partial charge in [0.15, 0.2) is 0 Å². The molecule has 7 heteroatoms. The molecule has 5 nitrogen and oxygen atoms in total. The molecule has 0 aliphatic rings. The zero-order valence-corrected chi connectivity index (χ0v) is 11.1. The van der Waals surface area contributed by atoms with E-state index in [9.17, 15) is 4.79 Å². The molecule has 1 heterocycles. The summed E-state index contributed by atoms with van der Waals surface area (Å²) < 4.78 is 5.45. The molecule has 0 atom stereocenters. The molecule has 4 N–H and O–H groups in total. The number of nitrogens with two attached hydrogens (primary N) is 2. The number of amides is 1. The second-order valence-corrected chi connectivity index (χ2v) is 4.51. The third-order valence-electron chi connectivity index (χ3n) is 2.24. The van der Waals surface area contributed by atoms with Crippen LogP contribution >= 0.6 is 23.2 Å². The summed E-state index contributed by atoms with van der Waals surface area (Å²) in [6, 6.07) is 6.06. The third-order valence-corrected chi connectivity index (χ3v) is 2.77. The maximum Gasteiger partial charge on any atom is 0.254 e. The van der Waals surface area contributed by atoms with Crippen molar-refractivity contribution in [1.82, 2.24) is 4.98 Å². The number of ether oxygens (including phenoxy) is 1. The Morgan fingerprint density at radius 3 is 2.63 bits per heavy atom. The number of hydrogen-bond donors (Lipinski definition) is 2. The van der Waals surface area contributed by atoms with Crippen LogP contribution < -0.4 is 16.2 Å². The van der Waals surface area contributed by atoms with Gasteiger partial charge in [0.05, 0.1) is 16.9 Å². The van der Waals surface area contributed by atoms with Gasteiger partial charge in [0.1, 0.15) is 11.3 Å². The number of nitrogen functional groups attached to an aromatic ring is 1. The number of hydrogen-bond acceptors (Lipinski definition) is 4. The molecule has 1 amide bonds. The Morgan fingerprint density at radius 2 is 2.00 bits per heavy atom. The first kappa shape index (κ1) is 13.5. The molecule has 0 radical (unpaired) electrons. The van der Waals surface area contributed by atoms with Crippen molar-refractivity contribution in [2.75, 3.05) is 5.73 Å². The smallest absolute Gasteiger partial charge is 0.254 e. The molecule has 1 aromatic heterocycles. The topological polar surface area (TPSA) is 91.2 Å². The molecule has 0 aliphatic heterocycles. The molecule has 2 aromatic rings. The molecule has 0 fully saturated rings. The Bertz CT molecular complexity index is 647. The lowest BCUT2D eigenvalue weighted by atomic mass is 10.2. The Balaban J connectivity index is 2.40. The first-order valence-corrected chi connectivity index (χ1v) is 5.91. The highest BCUT2D eigenvalue weighted by Gasteiger charge is 2.14. The fraction of sp³-hybridized carbons (Fsp3) is 0. The van der Waals surface area contributed by atoms with E-state index in [1.54, 1.807) is 12.1 Å². The number of carbonyl (C=O) groups is 1. The highest BCUT2D eigenvalue weighted by atomic mass is 35.5. The van der Waals surface area contributed by atoms with Gasteiger partial charge < -0.3 is 16.2 Å². The minimum atomic E-state index is -0.695. The van der Waals surface area contributed by atoms with Crippen LogP contribution in [-0.4, -0.2) is 10.9 Å². The van der Waals surface area contributed by atoms with Gasteiger partial charge >= 0.3 is 0 Å². The van der Waals surface area contributed by atoms with Gasteiger partial charge in [-0.2, -0.15) is 0 Å². The number of primary amides is 1. The van der Waals surface area contributed by atoms with Crippen molar-refractivity contribution in [2.24, 2.45) is 5.73 Å². The van der Waals surface area contributed by atoms with Crippen molar-refractivity contribution in [1.29, 1.82) is 0 Å². The molecule has 0 bridgehead atoms. The van der Waals surface area contributed by atoms with E-state index < -0.39 is 5.91 Å². The number of halogens is 2. The van der Waals surface area contributed by atoms with E-state index >= 15 is 0 Å². The Hall–Kier alpha value is -1.98. The molecular weight excluding hydrogens is 289 g/mol. The Morgan fingerprint density at radius 1 is 1.26 bits per heavy atom. The van der Waals surface area contributed by atoms with Crippen LogP contribution in [0.25, 0.3) is 0 Å². The summed E-state index contributed by atoms with van der Waals surface area (Å²) >= 11 is 11.7. The second kappa shape index (κ2) is 5.34. The standard InChI is InChI=1S/C12H9Cl2N3O2/c13-6-1-2-10(9(14)3-6)19-12-8(11(16)18)4-7(15)5-17-12/h1-5H,15H2,(H2,16,18). The van der Waals surface area contributed by atoms with Crippen molar-refractivity contribution in [3.05, 3.63) is 46.1 Å². The Labute approximate surface area is 119 Å². The van der Waals surface area contributed by atoms with E-state index in [0.717, 1.165) is 0 Å². The van der Waals surface area contributed by atoms with Gasteiger partial charge in [-0.15, -0.1) is 0 Å². The summed E-state index contributed by atoms with van der Waals surface area (Å²) in [5.74, 6) is -0.350. The van der Waals surface area contributed by atoms with Crippen LogP contribution in [0.2, 0.25) is 10.0 Å². The normalized spacial score (nSPS) is 10.2. The maximum atomic E-state index is 11.3. The largest absolute Gasteiger partial charge is 0.437 e. The summed E-state index contributed by atoms with van der Waals surface area (Å²) in [6.07, 6.45) is 1.35. The number of nitrogens with zero attached hydrogens (tertiary/aromatic N) is 1. The van der Waals surface area contributed by atoms with Crippen molar-refractivity contribution < 1.29 is 9.53 Å². The van der Waals surface area contributed by atoms with Crippen molar-refractivity contribution in [3.8, 4) is 11.6 Å². The van der Waals surface area contributed by atoms with E-state index in [0.29, 0.717) is 21.5 Å². The summed E-state index contributed by atoms with van der Waals surface area (Å²) in [5, 5.41) is 0.763. The van der Waals surface area contributed by atoms with Crippen molar-refractivity contribution in [3.63, 3.8) is 0 Å². The Kier molecular flexibility index (Phi) is 3.78. The zero-order valence-electron chi connectivity index (χ0n) is 9.56. The molecule has 0 aliphatic carbocycles. The summed E-state index contributed by atoms with van der Waals surface area (Å²) in [6.45, 7) is 0. The average Bonchev–Trinajstić information content (AvgIpc) is 2.34. The van der Waals surface area contributed by atoms with E-state index in [4.69, 9.17) is 39.4 Å². The van der Waals surface area contributed by atoms with Crippen molar-refractivity contribution in [2.45, 2.75) is 0 Å². The predicted octanol–water partition coefficient (Wildman–Crippen LogP) is 2.86. The monoisotopic (exact) mass is 297 g/mol. The van der Waals surface area contributed by atoms with Gasteiger partial charge in [-0.25, -0.2) is 4.98 Å². The molecular formula is C12H9Cl2N3O2. The summed E-state index contributed by atoms with van der Waals surface area (Å²) in [7, 11) is 0. The number of anilines is 1. The first-order chi connectivity index (χ1) is 8.97. The van der Waals surface area contributed by atoms with Crippen molar-refractivity contribution >= 4 is 34.8 Å². The molecule has 98 valence electrons. The number of benzene rings is 1. The number of carbonyl (C=O) groups excluding carboxylic acids is 1.